The van der Waals surface area contributed by atoms with E-state index in [4.69, 9.17) is 0 Å². The lowest BCUT2D eigenvalue weighted by molar-refractivity contribution is 0.658. The number of nitrogens with zero attached hydrogens (tertiary/aromatic N) is 2. The van der Waals surface area contributed by atoms with Gasteiger partial charge in [0.25, 0.3) is 0 Å². The van der Waals surface area contributed by atoms with Crippen molar-refractivity contribution < 1.29 is 0 Å². The predicted octanol–water partition coefficient (Wildman–Crippen LogP) is 12.7. The van der Waals surface area contributed by atoms with Gasteiger partial charge in [-0.2, -0.15) is 0 Å². The first-order valence-corrected chi connectivity index (χ1v) is 18.1. The summed E-state index contributed by atoms with van der Waals surface area (Å²) in [6.45, 7) is 10.2. The van der Waals surface area contributed by atoms with Crippen molar-refractivity contribution in [1.82, 2.24) is 4.57 Å². The summed E-state index contributed by atoms with van der Waals surface area (Å²) < 4.78 is 2.40. The normalized spacial score (nSPS) is 14.7. The zero-order valence-corrected chi connectivity index (χ0v) is 29.6. The van der Waals surface area contributed by atoms with Crippen molar-refractivity contribution in [2.75, 3.05) is 4.90 Å². The van der Waals surface area contributed by atoms with E-state index in [1.807, 2.05) is 0 Å². The summed E-state index contributed by atoms with van der Waals surface area (Å²) in [7, 11) is 0. The molecule has 0 N–H and O–H groups in total. The Hall–Kier alpha value is -5.86. The number of aromatic nitrogens is 1. The van der Waals surface area contributed by atoms with E-state index in [1.165, 1.54) is 88.9 Å². The largest absolute Gasteiger partial charge is 0.337 e. The van der Waals surface area contributed by atoms with Crippen LogP contribution in [0.4, 0.5) is 11.4 Å². The highest BCUT2D eigenvalue weighted by atomic mass is 15.1. The molecule has 2 aliphatic carbocycles. The molecule has 0 saturated heterocycles. The molecule has 0 amide bonds. The number of hydrogen-bond donors (Lipinski definition) is 0. The number of rotatable bonds is 5. The molecule has 51 heavy (non-hydrogen) atoms. The van der Waals surface area contributed by atoms with E-state index >= 15 is 0 Å². The average Bonchev–Trinajstić information content (AvgIpc) is 3.71. The van der Waals surface area contributed by atoms with Crippen LogP contribution in [0.5, 0.6) is 0 Å². The molecule has 0 fully saturated rings. The van der Waals surface area contributed by atoms with Gasteiger partial charge in [-0.1, -0.05) is 137 Å². The smallest absolute Gasteiger partial charge is 0.0542 e. The Labute approximate surface area is 300 Å². The molecule has 10 rings (SSSR count). The van der Waals surface area contributed by atoms with Crippen LogP contribution in [0, 0.1) is 0 Å². The Morgan fingerprint density at radius 1 is 0.431 bits per heavy atom. The van der Waals surface area contributed by atoms with Crippen molar-refractivity contribution in [1.29, 1.82) is 0 Å². The summed E-state index contributed by atoms with van der Waals surface area (Å²) >= 11 is 0. The third-order valence-corrected chi connectivity index (χ3v) is 11.8. The highest BCUT2D eigenvalue weighted by molar-refractivity contribution is 6.10. The second kappa shape index (κ2) is 10.8. The molecule has 2 heteroatoms. The summed E-state index contributed by atoms with van der Waals surface area (Å²) in [5, 5.41) is 2.53. The van der Waals surface area contributed by atoms with Gasteiger partial charge in [-0.05, 0) is 98.6 Å². The fourth-order valence-corrected chi connectivity index (χ4v) is 9.21. The Bertz CT molecular complexity index is 2670. The quantitative estimate of drug-likeness (QED) is 0.179. The highest BCUT2D eigenvalue weighted by Crippen LogP contribution is 2.51. The maximum atomic E-state index is 2.53. The van der Waals surface area contributed by atoms with Gasteiger partial charge < -0.3 is 9.47 Å². The molecule has 0 spiro atoms. The van der Waals surface area contributed by atoms with E-state index in [9.17, 15) is 0 Å². The monoisotopic (exact) mass is 656 g/mol. The van der Waals surface area contributed by atoms with E-state index in [2.05, 4.69) is 195 Å². The molecule has 0 bridgehead atoms. The van der Waals surface area contributed by atoms with Gasteiger partial charge >= 0.3 is 0 Å². The van der Waals surface area contributed by atoms with Crippen LogP contribution in [-0.4, -0.2) is 4.57 Å². The topological polar surface area (TPSA) is 8.17 Å². The van der Waals surface area contributed by atoms with Crippen LogP contribution in [0.25, 0.3) is 49.7 Å². The third-order valence-electron chi connectivity index (χ3n) is 11.8. The van der Waals surface area contributed by atoms with Crippen molar-refractivity contribution in [3.05, 3.63) is 186 Å². The number of para-hydroxylation sites is 2. The lowest BCUT2D eigenvalue weighted by Gasteiger charge is -2.29. The van der Waals surface area contributed by atoms with Gasteiger partial charge in [0.1, 0.15) is 0 Å². The standard InChI is InChI=1S/C49H40N2/c1-48(2)42-19-11-8-16-36(42)38-25-22-32(28-44(38)48)31-50(35-23-26-39-37-17-9-12-20-43(37)49(3,4)45(39)30-35)34-24-27-47-41(29-34)40-18-10-13-21-46(40)51(47)33-14-6-5-7-15-33/h5-30H,31H2,1-4H3. The van der Waals surface area contributed by atoms with Crippen LogP contribution in [0.1, 0.15) is 55.5 Å². The summed E-state index contributed by atoms with van der Waals surface area (Å²) in [4.78, 5) is 2.53. The summed E-state index contributed by atoms with van der Waals surface area (Å²) in [6.07, 6.45) is 0. The third kappa shape index (κ3) is 4.36. The predicted molar refractivity (Wildman–Crippen MR) is 215 cm³/mol. The zero-order valence-electron chi connectivity index (χ0n) is 29.6. The second-order valence-electron chi connectivity index (χ2n) is 15.4. The van der Waals surface area contributed by atoms with Crippen LogP contribution in [-0.2, 0) is 17.4 Å². The zero-order chi connectivity index (χ0) is 34.5. The van der Waals surface area contributed by atoms with Gasteiger partial charge in [0.2, 0.25) is 0 Å². The summed E-state index contributed by atoms with van der Waals surface area (Å²) in [5.41, 5.74) is 18.2. The molecular weight excluding hydrogens is 617 g/mol. The van der Waals surface area contributed by atoms with Crippen molar-refractivity contribution in [3.63, 3.8) is 0 Å². The van der Waals surface area contributed by atoms with Crippen LogP contribution in [0.15, 0.2) is 158 Å². The SMILES string of the molecule is CC1(C)c2ccccc2-c2ccc(CN(c3ccc4c(c3)C(C)(C)c3ccccc3-4)c3ccc4c(c3)c3ccccc3n4-c3ccccc3)cc21. The van der Waals surface area contributed by atoms with Crippen molar-refractivity contribution in [2.45, 2.75) is 45.1 Å². The molecule has 7 aromatic carbocycles. The molecule has 8 aromatic rings. The first-order valence-electron chi connectivity index (χ1n) is 18.1. The molecule has 2 aliphatic rings. The fourth-order valence-electron chi connectivity index (χ4n) is 9.21. The average molecular weight is 657 g/mol. The van der Waals surface area contributed by atoms with Gasteiger partial charge in [-0.25, -0.2) is 0 Å². The number of hydrogen-bond acceptors (Lipinski definition) is 1. The van der Waals surface area contributed by atoms with E-state index in [0.29, 0.717) is 0 Å². The number of benzene rings is 7. The molecule has 0 radical (unpaired) electrons. The summed E-state index contributed by atoms with van der Waals surface area (Å²) in [5.74, 6) is 0. The van der Waals surface area contributed by atoms with Gasteiger partial charge in [0, 0.05) is 45.2 Å². The minimum Gasteiger partial charge on any atom is -0.337 e. The molecular formula is C49H40N2. The molecule has 246 valence electrons. The van der Waals surface area contributed by atoms with Gasteiger partial charge in [0.15, 0.2) is 0 Å². The maximum absolute atomic E-state index is 2.53. The first kappa shape index (κ1) is 30.0. The molecule has 0 atom stereocenters. The Kier molecular flexibility index (Phi) is 6.36. The van der Waals surface area contributed by atoms with Gasteiger partial charge in [-0.3, -0.25) is 0 Å². The van der Waals surface area contributed by atoms with E-state index in [-0.39, 0.29) is 10.8 Å². The fraction of sp³-hybridized carbons (Fsp3) is 0.143. The van der Waals surface area contributed by atoms with Crippen molar-refractivity contribution >= 4 is 33.2 Å². The van der Waals surface area contributed by atoms with Gasteiger partial charge in [-0.15, -0.1) is 0 Å². The Balaban J connectivity index is 1.15. The van der Waals surface area contributed by atoms with Crippen LogP contribution < -0.4 is 4.90 Å². The van der Waals surface area contributed by atoms with Crippen LogP contribution in [0.2, 0.25) is 0 Å². The summed E-state index contributed by atoms with van der Waals surface area (Å²) in [6, 6.07) is 58.7. The molecule has 0 saturated carbocycles. The lowest BCUT2D eigenvalue weighted by Crippen LogP contribution is -2.20. The van der Waals surface area contributed by atoms with Gasteiger partial charge in [0.05, 0.1) is 11.0 Å². The van der Waals surface area contributed by atoms with E-state index < -0.39 is 0 Å². The first-order chi connectivity index (χ1) is 24.8. The van der Waals surface area contributed by atoms with Crippen molar-refractivity contribution in [3.8, 4) is 27.9 Å². The minimum absolute atomic E-state index is 0.0473. The van der Waals surface area contributed by atoms with E-state index in [0.717, 1.165) is 6.54 Å². The maximum Gasteiger partial charge on any atom is 0.0542 e. The molecule has 2 nitrogen and oxygen atoms in total. The van der Waals surface area contributed by atoms with Crippen LogP contribution >= 0.6 is 0 Å². The van der Waals surface area contributed by atoms with E-state index in [1.54, 1.807) is 0 Å². The lowest BCUT2D eigenvalue weighted by atomic mass is 9.82. The molecule has 1 aromatic heterocycles. The molecule has 1 heterocycles. The molecule has 0 unspecified atom stereocenters. The number of fused-ring (bicyclic) bond motifs is 9. The molecule has 0 aliphatic heterocycles. The Morgan fingerprint density at radius 3 is 1.69 bits per heavy atom. The Morgan fingerprint density at radius 2 is 0.961 bits per heavy atom. The highest BCUT2D eigenvalue weighted by Gasteiger charge is 2.37. The minimum atomic E-state index is -0.0793. The number of anilines is 2. The van der Waals surface area contributed by atoms with Crippen molar-refractivity contribution in [2.24, 2.45) is 0 Å². The van der Waals surface area contributed by atoms with Crippen LogP contribution in [0.3, 0.4) is 0 Å². The second-order valence-corrected chi connectivity index (χ2v) is 15.4.